The molecular formula is C13H12N2S. The quantitative estimate of drug-likeness (QED) is 0.672. The Morgan fingerprint density at radius 2 is 2.00 bits per heavy atom. The third kappa shape index (κ3) is 1.44. The van der Waals surface area contributed by atoms with Crippen LogP contribution >= 0.6 is 11.3 Å². The number of para-hydroxylation sites is 1. The Morgan fingerprint density at radius 1 is 1.19 bits per heavy atom. The lowest BCUT2D eigenvalue weighted by Crippen LogP contribution is -1.76. The van der Waals surface area contributed by atoms with E-state index in [2.05, 4.69) is 41.2 Å². The number of aryl methyl sites for hydroxylation is 2. The number of thiazole rings is 1. The van der Waals surface area contributed by atoms with E-state index in [1.54, 1.807) is 11.3 Å². The molecule has 0 unspecified atom stereocenters. The van der Waals surface area contributed by atoms with E-state index < -0.39 is 0 Å². The molecule has 1 aromatic carbocycles. The zero-order chi connectivity index (χ0) is 11.1. The van der Waals surface area contributed by atoms with Crippen LogP contribution in [0.2, 0.25) is 0 Å². The summed E-state index contributed by atoms with van der Waals surface area (Å²) in [7, 11) is 0. The van der Waals surface area contributed by atoms with Crippen molar-refractivity contribution in [2.24, 2.45) is 0 Å². The fraction of sp³-hybridized carbons (Fsp3) is 0.154. The second-order valence-electron chi connectivity index (χ2n) is 3.92. The average Bonchev–Trinajstić information content (AvgIpc) is 2.81. The highest BCUT2D eigenvalue weighted by Gasteiger charge is 2.09. The van der Waals surface area contributed by atoms with E-state index in [-0.39, 0.29) is 0 Å². The molecule has 0 saturated carbocycles. The van der Waals surface area contributed by atoms with Crippen LogP contribution in [0.1, 0.15) is 10.7 Å². The fourth-order valence-corrected chi connectivity index (χ4v) is 2.87. The Hall–Kier alpha value is -1.61. The Balaban J connectivity index is 2.22. The summed E-state index contributed by atoms with van der Waals surface area (Å²) in [5.74, 6) is 0. The van der Waals surface area contributed by atoms with Crippen molar-refractivity contribution in [3.05, 3.63) is 41.0 Å². The Kier molecular flexibility index (Phi) is 2.07. The largest absolute Gasteiger partial charge is 0.354 e. The highest BCUT2D eigenvalue weighted by Crippen LogP contribution is 2.31. The number of nitrogens with one attached hydrogen (secondary N) is 1. The van der Waals surface area contributed by atoms with Gasteiger partial charge in [0.05, 0.1) is 21.3 Å². The van der Waals surface area contributed by atoms with Gasteiger partial charge in [0.2, 0.25) is 0 Å². The lowest BCUT2D eigenvalue weighted by atomic mass is 10.2. The predicted molar refractivity (Wildman–Crippen MR) is 68.9 cm³/mol. The highest BCUT2D eigenvalue weighted by molar-refractivity contribution is 7.15. The van der Waals surface area contributed by atoms with E-state index in [4.69, 9.17) is 0 Å². The van der Waals surface area contributed by atoms with Gasteiger partial charge in [-0.2, -0.15) is 0 Å². The SMILES string of the molecule is Cc1nc(C)c(-c2cc3ccccc3[nH]2)s1. The number of nitrogens with zero attached hydrogens (tertiary/aromatic N) is 1. The molecule has 3 heteroatoms. The van der Waals surface area contributed by atoms with Crippen LogP contribution in [-0.2, 0) is 0 Å². The van der Waals surface area contributed by atoms with Crippen molar-refractivity contribution in [3.8, 4) is 10.6 Å². The van der Waals surface area contributed by atoms with Gasteiger partial charge in [-0.25, -0.2) is 4.98 Å². The van der Waals surface area contributed by atoms with Crippen molar-refractivity contribution < 1.29 is 0 Å². The Bertz CT molecular complexity index is 616. The molecule has 0 spiro atoms. The molecule has 0 amide bonds. The van der Waals surface area contributed by atoms with E-state index >= 15 is 0 Å². The molecule has 0 fully saturated rings. The molecule has 16 heavy (non-hydrogen) atoms. The highest BCUT2D eigenvalue weighted by atomic mass is 32.1. The maximum Gasteiger partial charge on any atom is 0.0904 e. The van der Waals surface area contributed by atoms with Gasteiger partial charge < -0.3 is 4.98 Å². The summed E-state index contributed by atoms with van der Waals surface area (Å²) in [4.78, 5) is 9.14. The molecule has 0 bridgehead atoms. The molecule has 0 aliphatic rings. The zero-order valence-corrected chi connectivity index (χ0v) is 10.1. The molecule has 0 aliphatic heterocycles. The number of hydrogen-bond donors (Lipinski definition) is 1. The third-order valence-electron chi connectivity index (χ3n) is 2.68. The van der Waals surface area contributed by atoms with E-state index in [1.165, 1.54) is 21.5 Å². The summed E-state index contributed by atoms with van der Waals surface area (Å²) in [6.07, 6.45) is 0. The van der Waals surface area contributed by atoms with Gasteiger partial charge in [-0.3, -0.25) is 0 Å². The number of hydrogen-bond acceptors (Lipinski definition) is 2. The van der Waals surface area contributed by atoms with Gasteiger partial charge in [-0.15, -0.1) is 11.3 Å². The summed E-state index contributed by atoms with van der Waals surface area (Å²) in [6, 6.07) is 10.5. The number of H-pyrrole nitrogens is 1. The number of rotatable bonds is 1. The zero-order valence-electron chi connectivity index (χ0n) is 9.24. The summed E-state index contributed by atoms with van der Waals surface area (Å²) in [6.45, 7) is 4.11. The standard InChI is InChI=1S/C13H12N2S/c1-8-13(16-9(2)14-8)12-7-10-5-3-4-6-11(10)15-12/h3-7,15H,1-2H3. The van der Waals surface area contributed by atoms with Crippen molar-refractivity contribution >= 4 is 22.2 Å². The average molecular weight is 228 g/mol. The summed E-state index contributed by atoms with van der Waals surface area (Å²) >= 11 is 1.74. The third-order valence-corrected chi connectivity index (χ3v) is 3.78. The number of aromatic nitrogens is 2. The van der Waals surface area contributed by atoms with Gasteiger partial charge in [0.15, 0.2) is 0 Å². The van der Waals surface area contributed by atoms with Gasteiger partial charge >= 0.3 is 0 Å². The first-order valence-electron chi connectivity index (χ1n) is 5.26. The first-order valence-corrected chi connectivity index (χ1v) is 6.08. The molecule has 0 aliphatic carbocycles. The van der Waals surface area contributed by atoms with Gasteiger partial charge in [-0.1, -0.05) is 18.2 Å². The van der Waals surface area contributed by atoms with Crippen LogP contribution < -0.4 is 0 Å². The number of fused-ring (bicyclic) bond motifs is 1. The number of benzene rings is 1. The molecule has 3 rings (SSSR count). The normalized spacial score (nSPS) is 11.1. The van der Waals surface area contributed by atoms with Crippen molar-refractivity contribution in [2.75, 3.05) is 0 Å². The van der Waals surface area contributed by atoms with Crippen LogP contribution in [0, 0.1) is 13.8 Å². The molecule has 1 N–H and O–H groups in total. The van der Waals surface area contributed by atoms with E-state index in [1.807, 2.05) is 13.0 Å². The van der Waals surface area contributed by atoms with Gasteiger partial charge in [-0.05, 0) is 26.0 Å². The van der Waals surface area contributed by atoms with Gasteiger partial charge in [0, 0.05) is 10.9 Å². The summed E-state index contributed by atoms with van der Waals surface area (Å²) in [5, 5.41) is 2.37. The molecule has 2 nitrogen and oxygen atoms in total. The van der Waals surface area contributed by atoms with E-state index in [0.717, 1.165) is 10.7 Å². The van der Waals surface area contributed by atoms with E-state index in [9.17, 15) is 0 Å². The first-order chi connectivity index (χ1) is 7.74. The van der Waals surface area contributed by atoms with Crippen LogP contribution in [0.4, 0.5) is 0 Å². The molecule has 2 heterocycles. The van der Waals surface area contributed by atoms with Crippen molar-refractivity contribution in [3.63, 3.8) is 0 Å². The van der Waals surface area contributed by atoms with Crippen molar-refractivity contribution in [1.82, 2.24) is 9.97 Å². The summed E-state index contributed by atoms with van der Waals surface area (Å²) < 4.78 is 0. The smallest absolute Gasteiger partial charge is 0.0904 e. The fourth-order valence-electron chi connectivity index (χ4n) is 1.98. The minimum Gasteiger partial charge on any atom is -0.354 e. The molecule has 80 valence electrons. The van der Waals surface area contributed by atoms with Crippen LogP contribution in [0.15, 0.2) is 30.3 Å². The first kappa shape index (κ1) is 9.60. The van der Waals surface area contributed by atoms with E-state index in [0.29, 0.717) is 0 Å². The summed E-state index contributed by atoms with van der Waals surface area (Å²) in [5.41, 5.74) is 3.46. The molecule has 0 radical (unpaired) electrons. The molecule has 0 saturated heterocycles. The van der Waals surface area contributed by atoms with Gasteiger partial charge in [0.25, 0.3) is 0 Å². The lowest BCUT2D eigenvalue weighted by Gasteiger charge is -1.92. The monoisotopic (exact) mass is 228 g/mol. The van der Waals surface area contributed by atoms with Crippen LogP contribution in [0.25, 0.3) is 21.5 Å². The maximum absolute atomic E-state index is 4.46. The van der Waals surface area contributed by atoms with Crippen LogP contribution in [0.5, 0.6) is 0 Å². The lowest BCUT2D eigenvalue weighted by molar-refractivity contribution is 1.20. The van der Waals surface area contributed by atoms with Gasteiger partial charge in [0.1, 0.15) is 0 Å². The topological polar surface area (TPSA) is 28.7 Å². The van der Waals surface area contributed by atoms with Crippen molar-refractivity contribution in [1.29, 1.82) is 0 Å². The second kappa shape index (κ2) is 3.46. The maximum atomic E-state index is 4.46. The minimum absolute atomic E-state index is 1.11. The molecule has 2 aromatic heterocycles. The minimum atomic E-state index is 1.11. The molecule has 3 aromatic rings. The molecular weight excluding hydrogens is 216 g/mol. The van der Waals surface area contributed by atoms with Crippen LogP contribution in [-0.4, -0.2) is 9.97 Å². The Morgan fingerprint density at radius 3 is 2.69 bits per heavy atom. The Labute approximate surface area is 98.0 Å². The second-order valence-corrected chi connectivity index (χ2v) is 5.12. The number of aromatic amines is 1. The van der Waals surface area contributed by atoms with Crippen LogP contribution in [0.3, 0.4) is 0 Å². The molecule has 0 atom stereocenters. The predicted octanol–water partition coefficient (Wildman–Crippen LogP) is 3.91. The van der Waals surface area contributed by atoms with Crippen molar-refractivity contribution in [2.45, 2.75) is 13.8 Å².